The van der Waals surface area contributed by atoms with Crippen molar-refractivity contribution in [3.63, 3.8) is 0 Å². The molecule has 1 unspecified atom stereocenters. The highest BCUT2D eigenvalue weighted by Crippen LogP contribution is 2.34. The Morgan fingerprint density at radius 3 is 1.60 bits per heavy atom. The third-order valence-corrected chi connectivity index (χ3v) is 6.76. The lowest BCUT2D eigenvalue weighted by Gasteiger charge is -2.47. The molecule has 10 atom stereocenters. The summed E-state index contributed by atoms with van der Waals surface area (Å²) in [5, 5.41) is 24.9. The summed E-state index contributed by atoms with van der Waals surface area (Å²) in [6.45, 7) is 5.62. The lowest BCUT2D eigenvalue weighted by atomic mass is 9.96. The Morgan fingerprint density at radius 2 is 1.10 bits per heavy atom. The Labute approximate surface area is 274 Å². The number of amides is 1. The average molecular weight is 686 g/mol. The van der Waals surface area contributed by atoms with Gasteiger partial charge in [-0.05, 0) is 24.3 Å². The molecule has 1 aromatic carbocycles. The minimum Gasteiger partial charge on any atom is -0.463 e. The van der Waals surface area contributed by atoms with Gasteiger partial charge in [0.25, 0.3) is 0 Å². The summed E-state index contributed by atoms with van der Waals surface area (Å²) in [6.07, 6.45) is -16.0. The van der Waals surface area contributed by atoms with E-state index in [-0.39, 0.29) is 11.7 Å². The van der Waals surface area contributed by atoms with Crippen molar-refractivity contribution in [2.24, 2.45) is 0 Å². The number of carbonyl (C=O) groups excluding carboxylic acids is 6. The number of hydrogen-bond donors (Lipinski definition) is 3. The molecular weight excluding hydrogens is 646 g/mol. The topological polar surface area (TPSA) is 238 Å². The molecule has 1 aromatic rings. The van der Waals surface area contributed by atoms with Crippen LogP contribution in [0.2, 0.25) is 0 Å². The van der Waals surface area contributed by atoms with Crippen molar-refractivity contribution in [1.82, 2.24) is 0 Å². The van der Waals surface area contributed by atoms with Crippen LogP contribution in [0.25, 0.3) is 0 Å². The van der Waals surface area contributed by atoms with E-state index in [2.05, 4.69) is 5.32 Å². The van der Waals surface area contributed by atoms with E-state index in [9.17, 15) is 39.0 Å². The summed E-state index contributed by atoms with van der Waals surface area (Å²) in [6, 6.07) is 5.98. The first-order chi connectivity index (χ1) is 22.5. The van der Waals surface area contributed by atoms with E-state index in [1.165, 1.54) is 31.2 Å². The van der Waals surface area contributed by atoms with Crippen LogP contribution < -0.4 is 10.1 Å². The van der Waals surface area contributed by atoms with Crippen LogP contribution in [0.3, 0.4) is 0 Å². The minimum atomic E-state index is -1.84. The van der Waals surface area contributed by atoms with Gasteiger partial charge in [0.1, 0.15) is 49.5 Å². The van der Waals surface area contributed by atoms with E-state index < -0.39 is 104 Å². The number of aliphatic hydroxyl groups is 2. The molecule has 18 nitrogen and oxygen atoms in total. The molecule has 2 saturated heterocycles. The Kier molecular flexibility index (Phi) is 13.6. The van der Waals surface area contributed by atoms with Gasteiger partial charge >= 0.3 is 29.8 Å². The molecule has 18 heteroatoms. The van der Waals surface area contributed by atoms with Crippen molar-refractivity contribution < 1.29 is 81.6 Å². The number of anilines is 1. The monoisotopic (exact) mass is 685 g/mol. The van der Waals surface area contributed by atoms with Gasteiger partial charge in [0.2, 0.25) is 12.2 Å². The van der Waals surface area contributed by atoms with Crippen molar-refractivity contribution in [3.8, 4) is 5.75 Å². The molecule has 2 heterocycles. The molecular formula is C30H39NO17. The van der Waals surface area contributed by atoms with Crippen LogP contribution >= 0.6 is 0 Å². The normalized spacial score (nSPS) is 29.8. The van der Waals surface area contributed by atoms with Crippen LogP contribution in [-0.2, 0) is 66.7 Å². The Hall–Kier alpha value is -4.36. The molecule has 0 spiro atoms. The molecule has 0 radical (unpaired) electrons. The second-order valence-electron chi connectivity index (χ2n) is 10.8. The Balaban J connectivity index is 1.95. The molecule has 3 rings (SSSR count). The van der Waals surface area contributed by atoms with Crippen LogP contribution in [-0.4, -0.2) is 121 Å². The predicted molar refractivity (Wildman–Crippen MR) is 156 cm³/mol. The predicted octanol–water partition coefficient (Wildman–Crippen LogP) is -0.498. The number of hydrogen-bond acceptors (Lipinski definition) is 17. The zero-order valence-corrected chi connectivity index (χ0v) is 27.0. The maximum absolute atomic E-state index is 12.2. The van der Waals surface area contributed by atoms with Gasteiger partial charge < -0.3 is 58.2 Å². The summed E-state index contributed by atoms with van der Waals surface area (Å²) < 4.78 is 49.8. The average Bonchev–Trinajstić information content (AvgIpc) is 2.98. The molecule has 2 fully saturated rings. The minimum absolute atomic E-state index is 0.172. The smallest absolute Gasteiger partial charge is 0.303 e. The van der Waals surface area contributed by atoms with Crippen LogP contribution in [0.15, 0.2) is 24.3 Å². The second-order valence-corrected chi connectivity index (χ2v) is 10.8. The largest absolute Gasteiger partial charge is 0.463 e. The van der Waals surface area contributed by atoms with Gasteiger partial charge in [0, 0.05) is 47.2 Å². The number of ether oxygens (including phenoxy) is 9. The lowest BCUT2D eigenvalue weighted by molar-refractivity contribution is -0.354. The highest BCUT2D eigenvalue weighted by molar-refractivity contribution is 5.88. The van der Waals surface area contributed by atoms with Crippen LogP contribution in [0, 0.1) is 0 Å². The van der Waals surface area contributed by atoms with Gasteiger partial charge in [-0.1, -0.05) is 0 Å². The summed E-state index contributed by atoms with van der Waals surface area (Å²) in [5.41, 5.74) is 0.464. The second kappa shape index (κ2) is 17.2. The summed E-state index contributed by atoms with van der Waals surface area (Å²) in [5.74, 6) is -4.21. The molecule has 3 N–H and O–H groups in total. The standard InChI is InChI=1S/C30H39NO17/c1-13(32)31-19-7-9-20(10-8-19)45-29-24(39)23(38)25(21(46-29)11-40-14(2)33)48-30-28(44-18(6)37)27(43-17(5)36)26(42-16(4)35)22(47-30)12-41-15(3)34/h7-10,21-30,38-39H,11-12H2,1-6H3,(H,31,32)/t21-,22-,23-,24+,25-,26-,27+,28-,29+,30?/m1/s1. The van der Waals surface area contributed by atoms with E-state index >= 15 is 0 Å². The fraction of sp³-hybridized carbons (Fsp3) is 0.600. The summed E-state index contributed by atoms with van der Waals surface area (Å²) in [7, 11) is 0. The molecule has 0 saturated carbocycles. The van der Waals surface area contributed by atoms with Crippen LogP contribution in [0.1, 0.15) is 41.5 Å². The van der Waals surface area contributed by atoms with Gasteiger partial charge in [-0.15, -0.1) is 0 Å². The Morgan fingerprint density at radius 1 is 0.625 bits per heavy atom. The van der Waals surface area contributed by atoms with Gasteiger partial charge in [-0.3, -0.25) is 28.8 Å². The first-order valence-electron chi connectivity index (χ1n) is 14.7. The van der Waals surface area contributed by atoms with E-state index in [1.54, 1.807) is 0 Å². The summed E-state index contributed by atoms with van der Waals surface area (Å²) >= 11 is 0. The fourth-order valence-corrected chi connectivity index (χ4v) is 4.91. The molecule has 0 bridgehead atoms. The number of esters is 5. The molecule has 2 aliphatic heterocycles. The van der Waals surface area contributed by atoms with Gasteiger partial charge in [-0.2, -0.15) is 0 Å². The maximum atomic E-state index is 12.2. The number of benzene rings is 1. The Bertz CT molecular complexity index is 1320. The first-order valence-corrected chi connectivity index (χ1v) is 14.7. The highest BCUT2D eigenvalue weighted by Gasteiger charge is 2.56. The SMILES string of the molecule is CC(=O)Nc1ccc(O[C@H]2O[C@H](COC(C)=O)[C@@H](OC3O[C@H](COC(C)=O)[C@@H](OC(C)=O)[C@H](OC(C)=O)[C@H]3OC(C)=O)[C@H](O)[C@@H]2O)cc1. The first kappa shape index (κ1) is 38.1. The van der Waals surface area contributed by atoms with E-state index in [0.29, 0.717) is 5.69 Å². The lowest BCUT2D eigenvalue weighted by Crippen LogP contribution is -2.66. The molecule has 48 heavy (non-hydrogen) atoms. The maximum Gasteiger partial charge on any atom is 0.303 e. The number of aliphatic hydroxyl groups excluding tert-OH is 2. The molecule has 2 aliphatic rings. The van der Waals surface area contributed by atoms with Crippen molar-refractivity contribution in [3.05, 3.63) is 24.3 Å². The number of carbonyl (C=O) groups is 6. The fourth-order valence-electron chi connectivity index (χ4n) is 4.91. The van der Waals surface area contributed by atoms with E-state index in [0.717, 1.165) is 34.6 Å². The molecule has 1 amide bonds. The van der Waals surface area contributed by atoms with Crippen molar-refractivity contribution in [1.29, 1.82) is 0 Å². The third kappa shape index (κ3) is 10.8. The molecule has 0 aromatic heterocycles. The quantitative estimate of drug-likeness (QED) is 0.186. The zero-order chi connectivity index (χ0) is 35.7. The van der Waals surface area contributed by atoms with Gasteiger partial charge in [0.05, 0.1) is 0 Å². The van der Waals surface area contributed by atoms with Crippen LogP contribution in [0.5, 0.6) is 5.75 Å². The summed E-state index contributed by atoms with van der Waals surface area (Å²) in [4.78, 5) is 71.0. The van der Waals surface area contributed by atoms with Crippen molar-refractivity contribution in [2.45, 2.75) is 103 Å². The van der Waals surface area contributed by atoms with Gasteiger partial charge in [0.15, 0.2) is 24.6 Å². The zero-order valence-electron chi connectivity index (χ0n) is 27.0. The highest BCUT2D eigenvalue weighted by atomic mass is 16.8. The van der Waals surface area contributed by atoms with Crippen molar-refractivity contribution in [2.75, 3.05) is 18.5 Å². The number of rotatable bonds is 12. The molecule has 0 aliphatic carbocycles. The van der Waals surface area contributed by atoms with E-state index in [4.69, 9.17) is 42.6 Å². The van der Waals surface area contributed by atoms with Crippen LogP contribution in [0.4, 0.5) is 5.69 Å². The molecule has 266 valence electrons. The van der Waals surface area contributed by atoms with Gasteiger partial charge in [-0.25, -0.2) is 0 Å². The third-order valence-electron chi connectivity index (χ3n) is 6.76. The number of nitrogens with one attached hydrogen (secondary N) is 1. The van der Waals surface area contributed by atoms with Crippen molar-refractivity contribution >= 4 is 41.4 Å². The van der Waals surface area contributed by atoms with E-state index in [1.807, 2.05) is 0 Å².